The van der Waals surface area contributed by atoms with E-state index in [2.05, 4.69) is 0 Å². The molecular formula is C28H44F3N3O5. The van der Waals surface area contributed by atoms with E-state index >= 15 is 0 Å². The van der Waals surface area contributed by atoms with Crippen LogP contribution in [0.15, 0.2) is 18.2 Å². The fourth-order valence-corrected chi connectivity index (χ4v) is 4.46. The van der Waals surface area contributed by atoms with Crippen molar-refractivity contribution in [2.24, 2.45) is 5.92 Å². The predicted octanol–water partition coefficient (Wildman–Crippen LogP) is 4.35. The summed E-state index contributed by atoms with van der Waals surface area (Å²) in [5.74, 6) is -0.736. The van der Waals surface area contributed by atoms with Crippen LogP contribution in [-0.2, 0) is 9.53 Å². The van der Waals surface area contributed by atoms with E-state index in [1.807, 2.05) is 38.9 Å². The third-order valence-electron chi connectivity index (χ3n) is 7.05. The van der Waals surface area contributed by atoms with Gasteiger partial charge in [-0.15, -0.1) is 0 Å². The molecule has 4 atom stereocenters. The number of rotatable bonds is 7. The van der Waals surface area contributed by atoms with Crippen LogP contribution in [0.25, 0.3) is 0 Å². The topological polar surface area (TPSA) is 82.6 Å². The second-order valence-electron chi connectivity index (χ2n) is 10.8. The molecule has 8 nitrogen and oxygen atoms in total. The van der Waals surface area contributed by atoms with Gasteiger partial charge in [-0.2, -0.15) is 13.2 Å². The second-order valence-corrected chi connectivity index (χ2v) is 10.8. The fraction of sp³-hybridized carbons (Fsp3) is 0.714. The lowest BCUT2D eigenvalue weighted by atomic mass is 10.0. The number of hydrogen-bond acceptors (Lipinski definition) is 6. The molecule has 2 amide bonds. The van der Waals surface area contributed by atoms with Gasteiger partial charge in [0.2, 0.25) is 5.91 Å². The van der Waals surface area contributed by atoms with Crippen LogP contribution in [0.1, 0.15) is 63.2 Å². The molecule has 1 aromatic carbocycles. The van der Waals surface area contributed by atoms with Crippen LogP contribution in [-0.4, -0.2) is 98.6 Å². The Kier molecular flexibility index (Phi) is 12.4. The van der Waals surface area contributed by atoms with Crippen LogP contribution >= 0.6 is 0 Å². The Morgan fingerprint density at radius 2 is 1.90 bits per heavy atom. The van der Waals surface area contributed by atoms with E-state index in [9.17, 15) is 27.9 Å². The van der Waals surface area contributed by atoms with Crippen molar-refractivity contribution in [3.63, 3.8) is 0 Å². The Labute approximate surface area is 230 Å². The number of aliphatic hydroxyl groups is 1. The Balaban J connectivity index is 2.38. The molecule has 0 saturated heterocycles. The Hall–Kier alpha value is -2.53. The van der Waals surface area contributed by atoms with Gasteiger partial charge in [0.25, 0.3) is 5.91 Å². The predicted molar refractivity (Wildman–Crippen MR) is 144 cm³/mol. The van der Waals surface area contributed by atoms with Gasteiger partial charge in [0.15, 0.2) is 0 Å². The van der Waals surface area contributed by atoms with Gasteiger partial charge < -0.3 is 29.3 Å². The number of aliphatic hydroxyl groups excluding tert-OH is 1. The van der Waals surface area contributed by atoms with Crippen LogP contribution in [0, 0.1) is 5.92 Å². The molecule has 0 bridgehead atoms. The highest BCUT2D eigenvalue weighted by Crippen LogP contribution is 2.29. The summed E-state index contributed by atoms with van der Waals surface area (Å²) in [6, 6.07) is 4.94. The fourth-order valence-electron chi connectivity index (χ4n) is 4.46. The maximum Gasteiger partial charge on any atom is 0.389 e. The number of ether oxygens (including phenoxy) is 2. The first-order chi connectivity index (χ1) is 18.2. The van der Waals surface area contributed by atoms with Crippen molar-refractivity contribution in [3.05, 3.63) is 23.8 Å². The number of benzene rings is 1. The third-order valence-corrected chi connectivity index (χ3v) is 7.05. The molecule has 0 fully saturated rings. The zero-order valence-electron chi connectivity index (χ0n) is 24.0. The van der Waals surface area contributed by atoms with Gasteiger partial charge in [-0.05, 0) is 51.3 Å². The highest BCUT2D eigenvalue weighted by molar-refractivity contribution is 5.98. The van der Waals surface area contributed by atoms with E-state index in [1.54, 1.807) is 24.0 Å². The van der Waals surface area contributed by atoms with E-state index in [-0.39, 0.29) is 37.6 Å². The van der Waals surface area contributed by atoms with Crippen molar-refractivity contribution in [1.82, 2.24) is 9.80 Å². The van der Waals surface area contributed by atoms with Gasteiger partial charge >= 0.3 is 6.18 Å². The van der Waals surface area contributed by atoms with Crippen molar-refractivity contribution in [2.45, 2.75) is 77.3 Å². The standard InChI is InChI=1S/C28H44F3N3O5/c1-19-16-34(20(2)18-35)27(37)23-15-22(32(4)5)10-11-24(23)39-21(3)9-7-8-14-38-25(19)17-33(6)26(36)12-13-28(29,30)31/h10-11,15,19-21,25,35H,7-9,12-14,16-18H2,1-6H3/t19-,20-,21-,25+/m1/s1. The largest absolute Gasteiger partial charge is 0.490 e. The van der Waals surface area contributed by atoms with E-state index in [0.29, 0.717) is 17.9 Å². The molecular weight excluding hydrogens is 515 g/mol. The molecule has 1 aliphatic heterocycles. The number of amides is 2. The quantitative estimate of drug-likeness (QED) is 0.535. The minimum atomic E-state index is -4.41. The van der Waals surface area contributed by atoms with E-state index in [1.165, 1.54) is 11.9 Å². The molecule has 0 spiro atoms. The number of halogens is 3. The number of carbonyl (C=O) groups is 2. The first-order valence-corrected chi connectivity index (χ1v) is 13.6. The molecule has 0 saturated carbocycles. The van der Waals surface area contributed by atoms with Crippen LogP contribution in [0.3, 0.4) is 0 Å². The van der Waals surface area contributed by atoms with Crippen LogP contribution in [0.2, 0.25) is 0 Å². The molecule has 1 heterocycles. The average molecular weight is 560 g/mol. The summed E-state index contributed by atoms with van der Waals surface area (Å²) in [5, 5.41) is 9.99. The summed E-state index contributed by atoms with van der Waals surface area (Å²) in [4.78, 5) is 31.1. The summed E-state index contributed by atoms with van der Waals surface area (Å²) < 4.78 is 50.3. The maximum atomic E-state index is 14.0. The van der Waals surface area contributed by atoms with E-state index in [4.69, 9.17) is 9.47 Å². The van der Waals surface area contributed by atoms with Crippen LogP contribution < -0.4 is 9.64 Å². The summed E-state index contributed by atoms with van der Waals surface area (Å²) in [5.41, 5.74) is 1.21. The maximum absolute atomic E-state index is 14.0. The number of fused-ring (bicyclic) bond motifs is 1. The summed E-state index contributed by atoms with van der Waals surface area (Å²) >= 11 is 0. The molecule has 1 aliphatic rings. The molecule has 0 unspecified atom stereocenters. The average Bonchev–Trinajstić information content (AvgIpc) is 2.87. The van der Waals surface area contributed by atoms with E-state index < -0.39 is 37.1 Å². The zero-order chi connectivity index (χ0) is 29.3. The number of nitrogens with zero attached hydrogens (tertiary/aromatic N) is 3. The number of alkyl halides is 3. The lowest BCUT2D eigenvalue weighted by Crippen LogP contribution is -2.48. The smallest absolute Gasteiger partial charge is 0.389 e. The summed E-state index contributed by atoms with van der Waals surface area (Å²) in [6.07, 6.45) is -4.59. The SMILES string of the molecule is C[C@@H]1CCCCO[C@@H](CN(C)C(=O)CCC(F)(F)F)[C@H](C)CN([C@H](C)CO)C(=O)c2cc(N(C)C)ccc2O1. The van der Waals surface area contributed by atoms with Crippen molar-refractivity contribution in [1.29, 1.82) is 0 Å². The van der Waals surface area contributed by atoms with Gasteiger partial charge in [0, 0.05) is 58.9 Å². The van der Waals surface area contributed by atoms with Crippen molar-refractivity contribution < 1.29 is 37.3 Å². The van der Waals surface area contributed by atoms with Gasteiger partial charge in [0.05, 0.1) is 36.8 Å². The third kappa shape index (κ3) is 10.2. The zero-order valence-corrected chi connectivity index (χ0v) is 24.0. The van der Waals surface area contributed by atoms with Gasteiger partial charge in [-0.25, -0.2) is 0 Å². The number of hydrogen-bond donors (Lipinski definition) is 1. The number of anilines is 1. The van der Waals surface area contributed by atoms with Crippen molar-refractivity contribution >= 4 is 17.5 Å². The first kappa shape index (κ1) is 32.7. The molecule has 1 N–H and O–H groups in total. The Bertz CT molecular complexity index is 944. The van der Waals surface area contributed by atoms with Gasteiger partial charge in [-0.3, -0.25) is 9.59 Å². The van der Waals surface area contributed by atoms with Crippen molar-refractivity contribution in [3.8, 4) is 5.75 Å². The molecule has 222 valence electrons. The normalized spacial score (nSPS) is 22.4. The molecule has 11 heteroatoms. The monoisotopic (exact) mass is 559 g/mol. The Morgan fingerprint density at radius 3 is 2.51 bits per heavy atom. The highest BCUT2D eigenvalue weighted by atomic mass is 19.4. The summed E-state index contributed by atoms with van der Waals surface area (Å²) in [7, 11) is 5.23. The molecule has 0 radical (unpaired) electrons. The minimum Gasteiger partial charge on any atom is -0.490 e. The lowest BCUT2D eigenvalue weighted by molar-refractivity contribution is -0.149. The molecule has 39 heavy (non-hydrogen) atoms. The number of carbonyl (C=O) groups excluding carboxylic acids is 2. The molecule has 2 rings (SSSR count). The van der Waals surface area contributed by atoms with Gasteiger partial charge in [0.1, 0.15) is 5.75 Å². The minimum absolute atomic E-state index is 0.0915. The number of likely N-dealkylation sites (N-methyl/N-ethyl adjacent to an activating group) is 1. The lowest BCUT2D eigenvalue weighted by Gasteiger charge is -2.36. The molecule has 0 aromatic heterocycles. The highest BCUT2D eigenvalue weighted by Gasteiger charge is 2.32. The van der Waals surface area contributed by atoms with Crippen LogP contribution in [0.4, 0.5) is 18.9 Å². The van der Waals surface area contributed by atoms with E-state index in [0.717, 1.165) is 24.9 Å². The Morgan fingerprint density at radius 1 is 1.21 bits per heavy atom. The molecule has 1 aromatic rings. The van der Waals surface area contributed by atoms with Crippen LogP contribution in [0.5, 0.6) is 5.75 Å². The van der Waals surface area contributed by atoms with Gasteiger partial charge in [-0.1, -0.05) is 6.92 Å². The summed E-state index contributed by atoms with van der Waals surface area (Å²) in [6.45, 7) is 6.00. The first-order valence-electron chi connectivity index (χ1n) is 13.6. The molecule has 0 aliphatic carbocycles. The van der Waals surface area contributed by atoms with Crippen molar-refractivity contribution in [2.75, 3.05) is 52.3 Å². The second kappa shape index (κ2) is 14.7.